The van der Waals surface area contributed by atoms with Gasteiger partial charge < -0.3 is 5.32 Å². The minimum atomic E-state index is -0.154. The molecule has 3 heterocycles. The molecule has 0 fully saturated rings. The van der Waals surface area contributed by atoms with E-state index in [9.17, 15) is 4.79 Å². The van der Waals surface area contributed by atoms with Crippen LogP contribution < -0.4 is 5.32 Å². The normalized spacial score (nSPS) is 10.7. The first-order chi connectivity index (χ1) is 8.74. The number of nitrogens with one attached hydrogen (secondary N) is 2. The summed E-state index contributed by atoms with van der Waals surface area (Å²) < 4.78 is 0. The molecule has 0 unspecified atom stereocenters. The molecule has 0 aliphatic heterocycles. The zero-order chi connectivity index (χ0) is 12.5. The number of fused-ring (bicyclic) bond motifs is 1. The van der Waals surface area contributed by atoms with Gasteiger partial charge in [-0.3, -0.25) is 9.89 Å². The molecule has 0 saturated heterocycles. The Morgan fingerprint density at radius 1 is 1.39 bits per heavy atom. The van der Waals surface area contributed by atoms with E-state index in [1.54, 1.807) is 6.07 Å². The highest BCUT2D eigenvalue weighted by molar-refractivity contribution is 7.12. The van der Waals surface area contributed by atoms with Crippen molar-refractivity contribution in [1.82, 2.24) is 15.2 Å². The number of anilines is 1. The smallest absolute Gasteiger partial charge is 0.266 e. The van der Waals surface area contributed by atoms with Crippen molar-refractivity contribution in [3.63, 3.8) is 0 Å². The first-order valence-electron chi connectivity index (χ1n) is 5.40. The van der Waals surface area contributed by atoms with Gasteiger partial charge in [-0.15, -0.1) is 11.3 Å². The third-order valence-electron chi connectivity index (χ3n) is 2.54. The first-order valence-corrected chi connectivity index (χ1v) is 6.28. The molecule has 1 amide bonds. The molecule has 3 rings (SSSR count). The average Bonchev–Trinajstić information content (AvgIpc) is 2.98. The van der Waals surface area contributed by atoms with Crippen molar-refractivity contribution in [2.45, 2.75) is 6.92 Å². The topological polar surface area (TPSA) is 70.7 Å². The van der Waals surface area contributed by atoms with E-state index in [4.69, 9.17) is 0 Å². The Morgan fingerprint density at radius 2 is 2.28 bits per heavy atom. The van der Waals surface area contributed by atoms with Crippen LogP contribution in [0.1, 0.15) is 15.4 Å². The van der Waals surface area contributed by atoms with Crippen molar-refractivity contribution in [2.75, 3.05) is 5.32 Å². The summed E-state index contributed by atoms with van der Waals surface area (Å²) in [6.07, 6.45) is 0. The number of carbonyl (C=O) groups excluding carboxylic acids is 1. The van der Waals surface area contributed by atoms with E-state index in [-0.39, 0.29) is 5.91 Å². The highest BCUT2D eigenvalue weighted by Gasteiger charge is 2.12. The van der Waals surface area contributed by atoms with E-state index in [0.717, 1.165) is 11.1 Å². The Labute approximate surface area is 107 Å². The number of hydrogen-bond donors (Lipinski definition) is 2. The molecule has 0 aromatic carbocycles. The summed E-state index contributed by atoms with van der Waals surface area (Å²) in [6.45, 7) is 1.91. The number of aromatic amines is 1. The number of hydrogen-bond acceptors (Lipinski definition) is 4. The Bertz CT molecular complexity index is 702. The van der Waals surface area contributed by atoms with Gasteiger partial charge in [0.1, 0.15) is 0 Å². The second-order valence-electron chi connectivity index (χ2n) is 3.85. The lowest BCUT2D eigenvalue weighted by molar-refractivity contribution is 0.103. The molecule has 3 aromatic rings. The van der Waals surface area contributed by atoms with E-state index in [2.05, 4.69) is 20.5 Å². The van der Waals surface area contributed by atoms with Gasteiger partial charge in [0.15, 0.2) is 11.5 Å². The second kappa shape index (κ2) is 4.23. The number of amides is 1. The quantitative estimate of drug-likeness (QED) is 0.742. The number of aromatic nitrogens is 3. The molecule has 6 heteroatoms. The number of H-pyrrole nitrogens is 1. The third kappa shape index (κ3) is 1.86. The van der Waals surface area contributed by atoms with Gasteiger partial charge in [-0.05, 0) is 30.5 Å². The van der Waals surface area contributed by atoms with Crippen molar-refractivity contribution in [3.05, 3.63) is 40.2 Å². The van der Waals surface area contributed by atoms with E-state index in [0.29, 0.717) is 16.3 Å². The van der Waals surface area contributed by atoms with E-state index in [1.807, 2.05) is 30.5 Å². The fraction of sp³-hybridized carbons (Fsp3) is 0.0833. The number of pyridine rings is 1. The van der Waals surface area contributed by atoms with Gasteiger partial charge in [0.25, 0.3) is 5.91 Å². The van der Waals surface area contributed by atoms with Crippen LogP contribution in [0, 0.1) is 6.92 Å². The first kappa shape index (κ1) is 10.9. The minimum absolute atomic E-state index is 0.154. The van der Waals surface area contributed by atoms with Crippen LogP contribution in [-0.4, -0.2) is 21.1 Å². The third-order valence-corrected chi connectivity index (χ3v) is 3.41. The van der Waals surface area contributed by atoms with Crippen LogP contribution in [0.3, 0.4) is 0 Å². The fourth-order valence-corrected chi connectivity index (χ4v) is 2.29. The molecule has 3 aromatic heterocycles. The highest BCUT2D eigenvalue weighted by Crippen LogP contribution is 2.20. The predicted molar refractivity (Wildman–Crippen MR) is 70.9 cm³/mol. The molecule has 2 N–H and O–H groups in total. The Hall–Kier alpha value is -2.21. The molecule has 5 nitrogen and oxygen atoms in total. The lowest BCUT2D eigenvalue weighted by Crippen LogP contribution is -2.10. The van der Waals surface area contributed by atoms with Crippen LogP contribution in [0.15, 0.2) is 29.6 Å². The molecule has 0 aliphatic rings. The largest absolute Gasteiger partial charge is 0.304 e. The summed E-state index contributed by atoms with van der Waals surface area (Å²) in [5.41, 5.74) is 1.58. The molecule has 90 valence electrons. The maximum atomic E-state index is 11.9. The molecular weight excluding hydrogens is 248 g/mol. The van der Waals surface area contributed by atoms with Crippen LogP contribution in [0.2, 0.25) is 0 Å². The number of nitrogens with zero attached hydrogens (tertiary/aromatic N) is 2. The van der Waals surface area contributed by atoms with Crippen LogP contribution in [-0.2, 0) is 0 Å². The lowest BCUT2D eigenvalue weighted by Gasteiger charge is -1.99. The Morgan fingerprint density at radius 3 is 3.06 bits per heavy atom. The van der Waals surface area contributed by atoms with E-state index < -0.39 is 0 Å². The fourth-order valence-electron chi connectivity index (χ4n) is 1.67. The minimum Gasteiger partial charge on any atom is -0.304 e. The number of thiophene rings is 1. The van der Waals surface area contributed by atoms with Gasteiger partial charge in [-0.1, -0.05) is 6.07 Å². The summed E-state index contributed by atoms with van der Waals surface area (Å²) in [7, 11) is 0. The summed E-state index contributed by atoms with van der Waals surface area (Å²) in [5, 5.41) is 12.3. The predicted octanol–water partition coefficient (Wildman–Crippen LogP) is 2.58. The second-order valence-corrected chi connectivity index (χ2v) is 4.80. The Balaban J connectivity index is 1.94. The molecular formula is C12H10N4OS. The molecule has 0 aliphatic carbocycles. The number of carbonyl (C=O) groups is 1. The van der Waals surface area contributed by atoms with Crippen molar-refractivity contribution >= 4 is 34.1 Å². The zero-order valence-electron chi connectivity index (χ0n) is 9.60. The van der Waals surface area contributed by atoms with Gasteiger partial charge in [-0.2, -0.15) is 5.10 Å². The maximum absolute atomic E-state index is 11.9. The summed E-state index contributed by atoms with van der Waals surface area (Å²) in [6, 6.07) is 7.40. The molecule has 0 radical (unpaired) electrons. The summed E-state index contributed by atoms with van der Waals surface area (Å²) in [4.78, 5) is 16.9. The molecule has 0 saturated carbocycles. The van der Waals surface area contributed by atoms with E-state index >= 15 is 0 Å². The van der Waals surface area contributed by atoms with Gasteiger partial charge in [0, 0.05) is 5.69 Å². The SMILES string of the molecule is Cc1ccc2c(NC(=O)c3cccs3)n[nH]c2n1. The van der Waals surface area contributed by atoms with Gasteiger partial charge >= 0.3 is 0 Å². The molecule has 18 heavy (non-hydrogen) atoms. The van der Waals surface area contributed by atoms with Crippen LogP contribution in [0.5, 0.6) is 0 Å². The van der Waals surface area contributed by atoms with Crippen molar-refractivity contribution in [2.24, 2.45) is 0 Å². The standard InChI is InChI=1S/C12H10N4OS/c1-7-4-5-8-10(13-7)15-16-11(8)14-12(17)9-3-2-6-18-9/h2-6H,1H3,(H2,13,14,15,16,17). The summed E-state index contributed by atoms with van der Waals surface area (Å²) in [5.74, 6) is 0.356. The molecule has 0 atom stereocenters. The van der Waals surface area contributed by atoms with E-state index in [1.165, 1.54) is 11.3 Å². The van der Waals surface area contributed by atoms with Crippen molar-refractivity contribution in [1.29, 1.82) is 0 Å². The summed E-state index contributed by atoms with van der Waals surface area (Å²) >= 11 is 1.40. The van der Waals surface area contributed by atoms with Crippen molar-refractivity contribution < 1.29 is 4.79 Å². The van der Waals surface area contributed by atoms with Crippen LogP contribution in [0.4, 0.5) is 5.82 Å². The maximum Gasteiger partial charge on any atom is 0.266 e. The van der Waals surface area contributed by atoms with Crippen molar-refractivity contribution in [3.8, 4) is 0 Å². The Kier molecular flexibility index (Phi) is 2.56. The monoisotopic (exact) mass is 258 g/mol. The number of aryl methyl sites for hydroxylation is 1. The van der Waals surface area contributed by atoms with Crippen LogP contribution in [0.25, 0.3) is 11.0 Å². The van der Waals surface area contributed by atoms with Crippen LogP contribution >= 0.6 is 11.3 Å². The molecule has 0 spiro atoms. The van der Waals surface area contributed by atoms with Gasteiger partial charge in [-0.25, -0.2) is 4.98 Å². The molecule has 0 bridgehead atoms. The van der Waals surface area contributed by atoms with Gasteiger partial charge in [0.2, 0.25) is 0 Å². The number of rotatable bonds is 2. The van der Waals surface area contributed by atoms with Gasteiger partial charge in [0.05, 0.1) is 10.3 Å². The highest BCUT2D eigenvalue weighted by atomic mass is 32.1. The lowest BCUT2D eigenvalue weighted by atomic mass is 10.3. The average molecular weight is 258 g/mol. The zero-order valence-corrected chi connectivity index (χ0v) is 10.4.